The van der Waals surface area contributed by atoms with Crippen molar-refractivity contribution in [3.05, 3.63) is 48.5 Å². The van der Waals surface area contributed by atoms with Gasteiger partial charge < -0.3 is 33.5 Å². The van der Waals surface area contributed by atoms with Crippen LogP contribution in [0.1, 0.15) is 31.9 Å². The van der Waals surface area contributed by atoms with Crippen LogP contribution in [0.15, 0.2) is 43.0 Å². The number of benzene rings is 1. The van der Waals surface area contributed by atoms with E-state index in [9.17, 15) is 14.3 Å². The quantitative estimate of drug-likeness (QED) is 0.422. The molecule has 192 valence electrons. The molecule has 3 aromatic rings. The fourth-order valence-corrected chi connectivity index (χ4v) is 4.74. The first-order valence-corrected chi connectivity index (χ1v) is 13.3. The second-order valence-electron chi connectivity index (χ2n) is 8.26. The molecule has 2 unspecified atom stereocenters. The van der Waals surface area contributed by atoms with E-state index in [1.54, 1.807) is 11.5 Å². The van der Waals surface area contributed by atoms with Crippen molar-refractivity contribution in [2.45, 2.75) is 44.7 Å². The molecule has 1 aromatic carbocycles. The minimum Gasteiger partial charge on any atom is -0.779 e. The lowest BCUT2D eigenvalue weighted by Gasteiger charge is -2.25. The minimum absolute atomic E-state index is 0.133. The summed E-state index contributed by atoms with van der Waals surface area (Å²) in [7, 11) is -3.99. The standard InChI is InChI=1S/C22H27N6O7P/c1-3-23-22(29)27-18-15-19(25-11-24-18)28(12-26-15)20-17-16(14(33-20)10-32-36(30,31)4-2)34-21(35-17)13-8-6-5-7-9-13/h5-9,11-12,14,16-17,20-21H,3-4,10H2,1-2H3,(H,30,31)(H2,23,24,25,27,29)/p-1/t14-,16?,17+,20-,21-/m1/s1. The van der Waals surface area contributed by atoms with Gasteiger partial charge in [-0.05, 0) is 6.92 Å². The van der Waals surface area contributed by atoms with Gasteiger partial charge in [-0.3, -0.25) is 9.88 Å². The Morgan fingerprint density at radius 1 is 1.14 bits per heavy atom. The predicted molar refractivity (Wildman–Crippen MR) is 125 cm³/mol. The predicted octanol–water partition coefficient (Wildman–Crippen LogP) is 1.94. The van der Waals surface area contributed by atoms with Crippen LogP contribution in [0, 0.1) is 0 Å². The summed E-state index contributed by atoms with van der Waals surface area (Å²) in [5.74, 6) is 0.236. The number of urea groups is 1. The first kappa shape index (κ1) is 24.8. The molecule has 36 heavy (non-hydrogen) atoms. The summed E-state index contributed by atoms with van der Waals surface area (Å²) in [6.07, 6.45) is -0.671. The van der Waals surface area contributed by atoms with Gasteiger partial charge in [-0.25, -0.2) is 19.7 Å². The lowest BCUT2D eigenvalue weighted by atomic mass is 10.1. The molecule has 13 nitrogen and oxygen atoms in total. The van der Waals surface area contributed by atoms with Crippen LogP contribution >= 0.6 is 7.60 Å². The van der Waals surface area contributed by atoms with Gasteiger partial charge >= 0.3 is 6.03 Å². The number of fused-ring (bicyclic) bond motifs is 2. The van der Waals surface area contributed by atoms with Crippen LogP contribution in [0.2, 0.25) is 0 Å². The Hall–Kier alpha value is -2.93. The molecule has 4 heterocycles. The van der Waals surface area contributed by atoms with E-state index in [1.165, 1.54) is 19.6 Å². The first-order chi connectivity index (χ1) is 17.4. The fourth-order valence-electron chi connectivity index (χ4n) is 4.18. The number of nitrogens with zero attached hydrogens (tertiary/aromatic N) is 4. The van der Waals surface area contributed by atoms with E-state index in [4.69, 9.17) is 18.7 Å². The van der Waals surface area contributed by atoms with Gasteiger partial charge in [0.05, 0.1) is 12.9 Å². The summed E-state index contributed by atoms with van der Waals surface area (Å²) in [6.45, 7) is 3.55. The zero-order chi connectivity index (χ0) is 25.3. The monoisotopic (exact) mass is 517 g/mol. The lowest BCUT2D eigenvalue weighted by molar-refractivity contribution is -0.203. The maximum atomic E-state index is 12.0. The van der Waals surface area contributed by atoms with Crippen LogP contribution < -0.4 is 15.5 Å². The highest BCUT2D eigenvalue weighted by Gasteiger charge is 2.54. The molecule has 0 spiro atoms. The zero-order valence-corrected chi connectivity index (χ0v) is 20.5. The largest absolute Gasteiger partial charge is 0.779 e. The van der Waals surface area contributed by atoms with Crippen molar-refractivity contribution in [3.63, 3.8) is 0 Å². The number of anilines is 1. The average molecular weight is 517 g/mol. The van der Waals surface area contributed by atoms with Gasteiger partial charge in [0, 0.05) is 18.3 Å². The number of hydrogen-bond acceptors (Lipinski definition) is 10. The van der Waals surface area contributed by atoms with Crippen LogP contribution in [0.25, 0.3) is 11.2 Å². The van der Waals surface area contributed by atoms with E-state index in [0.29, 0.717) is 17.7 Å². The van der Waals surface area contributed by atoms with E-state index in [1.807, 2.05) is 30.3 Å². The number of hydrogen-bond donors (Lipinski definition) is 2. The Morgan fingerprint density at radius 2 is 1.92 bits per heavy atom. The number of aromatic nitrogens is 4. The van der Waals surface area contributed by atoms with Crippen LogP contribution in [0.3, 0.4) is 0 Å². The molecular weight excluding hydrogens is 491 g/mol. The fraction of sp³-hybridized carbons (Fsp3) is 0.455. The lowest BCUT2D eigenvalue weighted by Crippen LogP contribution is -2.32. The Morgan fingerprint density at radius 3 is 2.67 bits per heavy atom. The highest BCUT2D eigenvalue weighted by Crippen LogP contribution is 2.46. The third kappa shape index (κ3) is 4.85. The van der Waals surface area contributed by atoms with Crippen LogP contribution in [-0.4, -0.2) is 63.2 Å². The summed E-state index contributed by atoms with van der Waals surface area (Å²) >= 11 is 0. The Balaban J connectivity index is 1.45. The van der Waals surface area contributed by atoms with Gasteiger partial charge in [-0.15, -0.1) is 0 Å². The molecule has 2 aliphatic rings. The van der Waals surface area contributed by atoms with Gasteiger partial charge in [0.25, 0.3) is 0 Å². The Labute approximate surface area is 206 Å². The van der Waals surface area contributed by atoms with Gasteiger partial charge in [0.15, 0.2) is 29.5 Å². The SMILES string of the molecule is CCNC(=O)Nc1ncnc2c1ncn2[C@@H]1O[C@H](COP(=O)([O-])CC)C2O[C@@H](c3ccccc3)O[C@@H]21. The van der Waals surface area contributed by atoms with Crippen molar-refractivity contribution in [1.29, 1.82) is 0 Å². The summed E-state index contributed by atoms with van der Waals surface area (Å²) in [5.41, 5.74) is 1.58. The van der Waals surface area contributed by atoms with Crippen LogP contribution in [0.5, 0.6) is 0 Å². The summed E-state index contributed by atoms with van der Waals surface area (Å²) in [5, 5.41) is 5.30. The molecule has 2 fully saturated rings. The maximum Gasteiger partial charge on any atom is 0.320 e. The highest BCUT2D eigenvalue weighted by molar-refractivity contribution is 7.51. The number of amides is 2. The second-order valence-corrected chi connectivity index (χ2v) is 10.4. The molecule has 2 N–H and O–H groups in total. The molecule has 0 radical (unpaired) electrons. The summed E-state index contributed by atoms with van der Waals surface area (Å²) in [6, 6.07) is 9.00. The minimum atomic E-state index is -3.99. The van der Waals surface area contributed by atoms with Gasteiger partial charge in [-0.2, -0.15) is 0 Å². The van der Waals surface area contributed by atoms with E-state index in [-0.39, 0.29) is 18.6 Å². The smallest absolute Gasteiger partial charge is 0.320 e. The van der Waals surface area contributed by atoms with E-state index < -0.39 is 44.5 Å². The molecule has 14 heteroatoms. The van der Waals surface area contributed by atoms with Crippen LogP contribution in [-0.2, 0) is 23.3 Å². The van der Waals surface area contributed by atoms with Gasteiger partial charge in [0.2, 0.25) is 0 Å². The van der Waals surface area contributed by atoms with Crippen molar-refractivity contribution < 1.29 is 33.0 Å². The molecule has 5 rings (SSSR count). The highest BCUT2D eigenvalue weighted by atomic mass is 31.2. The molecule has 2 aromatic heterocycles. The molecule has 0 bridgehead atoms. The number of nitrogens with one attached hydrogen (secondary N) is 2. The van der Waals surface area contributed by atoms with Crippen molar-refractivity contribution >= 4 is 30.6 Å². The maximum absolute atomic E-state index is 12.0. The molecular formula is C22H26N6O7P-. The van der Waals surface area contributed by atoms with Crippen LogP contribution in [0.4, 0.5) is 10.6 Å². The second kappa shape index (κ2) is 10.2. The number of rotatable bonds is 8. The van der Waals surface area contributed by atoms with Crippen molar-refractivity contribution in [2.24, 2.45) is 0 Å². The third-order valence-electron chi connectivity index (χ3n) is 5.94. The number of ether oxygens (including phenoxy) is 3. The number of imidazole rings is 1. The normalized spacial score (nSPS) is 27.0. The van der Waals surface area contributed by atoms with Crippen molar-refractivity contribution in [1.82, 2.24) is 24.8 Å². The average Bonchev–Trinajstić information content (AvgIpc) is 3.58. The van der Waals surface area contributed by atoms with E-state index in [0.717, 1.165) is 5.56 Å². The topological polar surface area (TPSA) is 162 Å². The van der Waals surface area contributed by atoms with E-state index >= 15 is 0 Å². The van der Waals surface area contributed by atoms with E-state index in [2.05, 4.69) is 25.6 Å². The third-order valence-corrected chi connectivity index (χ3v) is 7.26. The molecule has 2 aliphatic heterocycles. The van der Waals surface area contributed by atoms with Gasteiger partial charge in [0.1, 0.15) is 32.2 Å². The molecule has 6 atom stereocenters. The molecule has 0 saturated carbocycles. The Kier molecular flexibility index (Phi) is 7.02. The molecule has 0 aliphatic carbocycles. The Bertz CT molecular complexity index is 1270. The summed E-state index contributed by atoms with van der Waals surface area (Å²) < 4.78 is 37.5. The summed E-state index contributed by atoms with van der Waals surface area (Å²) in [4.78, 5) is 36.9. The number of carbonyl (C=O) groups excluding carboxylic acids is 1. The molecule has 2 amide bonds. The number of carbonyl (C=O) groups is 1. The zero-order valence-electron chi connectivity index (χ0n) is 19.6. The van der Waals surface area contributed by atoms with Crippen molar-refractivity contribution in [3.8, 4) is 0 Å². The first-order valence-electron chi connectivity index (χ1n) is 11.6. The molecule has 2 saturated heterocycles. The van der Waals surface area contributed by atoms with Gasteiger partial charge in [-0.1, -0.05) is 37.3 Å². The van der Waals surface area contributed by atoms with Crippen molar-refractivity contribution in [2.75, 3.05) is 24.6 Å².